The largest absolute Gasteiger partial charge is 0.431 e. The Bertz CT molecular complexity index is 181. The van der Waals surface area contributed by atoms with E-state index < -0.39 is 30.6 Å². The van der Waals surface area contributed by atoms with E-state index in [1.165, 1.54) is 7.11 Å². The minimum atomic E-state index is -1.65. The summed E-state index contributed by atoms with van der Waals surface area (Å²) in [7, 11) is 1.23. The summed E-state index contributed by atoms with van der Waals surface area (Å²) in [5.41, 5.74) is 0. The Balaban J connectivity index is 2.72. The van der Waals surface area contributed by atoms with Crippen LogP contribution in [0.3, 0.4) is 0 Å². The summed E-state index contributed by atoms with van der Waals surface area (Å²) >= 11 is 0. The lowest BCUT2D eigenvalue weighted by Gasteiger charge is -2.33. The second-order valence-corrected chi connectivity index (χ2v) is 2.46. The molecule has 1 saturated heterocycles. The van der Waals surface area contributed by atoms with Crippen molar-refractivity contribution < 1.29 is 29.6 Å². The van der Waals surface area contributed by atoms with Crippen molar-refractivity contribution in [1.29, 1.82) is 0 Å². The first-order valence-electron chi connectivity index (χ1n) is 3.35. The van der Waals surface area contributed by atoms with Gasteiger partial charge in [-0.15, -0.1) is 0 Å². The fourth-order valence-corrected chi connectivity index (χ4v) is 0.999. The molecule has 4 atom stereocenters. The van der Waals surface area contributed by atoms with Crippen LogP contribution in [0, 0.1) is 0 Å². The van der Waals surface area contributed by atoms with Crippen LogP contribution in [0.25, 0.3) is 0 Å². The molecule has 12 heavy (non-hydrogen) atoms. The predicted octanol–water partition coefficient (Wildman–Crippen LogP) is -2.40. The van der Waals surface area contributed by atoms with Crippen LogP contribution in [0.5, 0.6) is 0 Å². The van der Waals surface area contributed by atoms with Crippen molar-refractivity contribution in [2.75, 3.05) is 7.11 Å². The van der Waals surface area contributed by atoms with E-state index in [-0.39, 0.29) is 0 Å². The molecule has 6 nitrogen and oxygen atoms in total. The molecule has 0 spiro atoms. The smallest absolute Gasteiger partial charge is 0.340 e. The molecule has 0 saturated carbocycles. The Labute approximate surface area is 68.3 Å². The highest BCUT2D eigenvalue weighted by Crippen LogP contribution is 2.16. The number of aliphatic hydroxyl groups is 3. The van der Waals surface area contributed by atoms with Crippen molar-refractivity contribution in [2.24, 2.45) is 0 Å². The maximum absolute atomic E-state index is 10.6. The van der Waals surface area contributed by atoms with Crippen LogP contribution >= 0.6 is 0 Å². The average molecular weight is 178 g/mol. The summed E-state index contributed by atoms with van der Waals surface area (Å²) in [6.07, 6.45) is -5.73. The van der Waals surface area contributed by atoms with Crippen molar-refractivity contribution in [3.8, 4) is 0 Å². The predicted molar refractivity (Wildman–Crippen MR) is 34.9 cm³/mol. The van der Waals surface area contributed by atoms with E-state index in [1.807, 2.05) is 0 Å². The summed E-state index contributed by atoms with van der Waals surface area (Å²) in [5.74, 6) is -1.05. The minimum absolute atomic E-state index is 1.05. The summed E-state index contributed by atoms with van der Waals surface area (Å²) in [6, 6.07) is 0. The van der Waals surface area contributed by atoms with E-state index in [4.69, 9.17) is 15.3 Å². The summed E-state index contributed by atoms with van der Waals surface area (Å²) in [5, 5.41) is 27.1. The van der Waals surface area contributed by atoms with Crippen LogP contribution in [-0.4, -0.2) is 53.0 Å². The van der Waals surface area contributed by atoms with Crippen molar-refractivity contribution in [3.63, 3.8) is 0 Å². The maximum atomic E-state index is 10.6. The van der Waals surface area contributed by atoms with Gasteiger partial charge in [-0.2, -0.15) is 0 Å². The third-order valence-electron chi connectivity index (χ3n) is 1.69. The maximum Gasteiger partial charge on any atom is 0.340 e. The molecular formula is C6H10O6. The van der Waals surface area contributed by atoms with Crippen LogP contribution < -0.4 is 0 Å². The Morgan fingerprint density at radius 1 is 1.42 bits per heavy atom. The normalized spacial score (nSPS) is 42.5. The van der Waals surface area contributed by atoms with Crippen LogP contribution in [0.2, 0.25) is 0 Å². The lowest BCUT2D eigenvalue weighted by atomic mass is 10.1. The highest BCUT2D eigenvalue weighted by molar-refractivity contribution is 5.76. The zero-order valence-electron chi connectivity index (χ0n) is 6.38. The molecule has 1 rings (SSSR count). The number of cyclic esters (lactones) is 1. The van der Waals surface area contributed by atoms with Gasteiger partial charge in [-0.3, -0.25) is 0 Å². The van der Waals surface area contributed by atoms with Crippen LogP contribution in [0.1, 0.15) is 0 Å². The molecule has 0 aromatic carbocycles. The van der Waals surface area contributed by atoms with Gasteiger partial charge in [-0.1, -0.05) is 0 Å². The standard InChI is InChI=1S/C6H10O6/c1-11-4-2(7)3(8)5(9)12-6(4)10/h2-4,6-8,10H,1H3/t2-,3-,4+,6+/m1/s1. The van der Waals surface area contributed by atoms with Gasteiger partial charge in [0.05, 0.1) is 0 Å². The molecule has 0 aliphatic carbocycles. The van der Waals surface area contributed by atoms with Crippen LogP contribution in [0.4, 0.5) is 0 Å². The van der Waals surface area contributed by atoms with Gasteiger partial charge >= 0.3 is 5.97 Å². The van der Waals surface area contributed by atoms with Gasteiger partial charge < -0.3 is 24.8 Å². The number of esters is 1. The van der Waals surface area contributed by atoms with Crippen LogP contribution in [0.15, 0.2) is 0 Å². The first kappa shape index (κ1) is 9.40. The zero-order chi connectivity index (χ0) is 9.30. The molecule has 1 aliphatic heterocycles. The minimum Gasteiger partial charge on any atom is -0.431 e. The lowest BCUT2D eigenvalue weighted by molar-refractivity contribution is -0.247. The number of carbonyl (C=O) groups excluding carboxylic acids is 1. The Kier molecular flexibility index (Phi) is 2.63. The molecule has 0 aromatic heterocycles. The number of ether oxygens (including phenoxy) is 2. The van der Waals surface area contributed by atoms with Crippen LogP contribution in [-0.2, 0) is 14.3 Å². The van der Waals surface area contributed by atoms with Gasteiger partial charge in [-0.05, 0) is 0 Å². The zero-order valence-corrected chi connectivity index (χ0v) is 6.38. The van der Waals surface area contributed by atoms with E-state index in [9.17, 15) is 4.79 Å². The second-order valence-electron chi connectivity index (χ2n) is 2.46. The Morgan fingerprint density at radius 3 is 2.50 bits per heavy atom. The van der Waals surface area contributed by atoms with Gasteiger partial charge in [0.15, 0.2) is 6.10 Å². The summed E-state index contributed by atoms with van der Waals surface area (Å²) in [4.78, 5) is 10.6. The first-order chi connectivity index (χ1) is 5.57. The van der Waals surface area contributed by atoms with Gasteiger partial charge in [0.2, 0.25) is 6.29 Å². The molecule has 0 radical (unpaired) electrons. The van der Waals surface area contributed by atoms with E-state index in [1.54, 1.807) is 0 Å². The third kappa shape index (κ3) is 1.42. The highest BCUT2D eigenvalue weighted by Gasteiger charge is 2.44. The molecule has 1 fully saturated rings. The molecule has 1 heterocycles. The van der Waals surface area contributed by atoms with E-state index >= 15 is 0 Å². The molecule has 3 N–H and O–H groups in total. The molecule has 1 aliphatic rings. The van der Waals surface area contributed by atoms with E-state index in [0.29, 0.717) is 0 Å². The molecule has 0 aromatic rings. The third-order valence-corrected chi connectivity index (χ3v) is 1.69. The van der Waals surface area contributed by atoms with Crippen molar-refractivity contribution in [3.05, 3.63) is 0 Å². The summed E-state index contributed by atoms with van der Waals surface area (Å²) in [6.45, 7) is 0. The summed E-state index contributed by atoms with van der Waals surface area (Å²) < 4.78 is 8.85. The van der Waals surface area contributed by atoms with Gasteiger partial charge in [0.1, 0.15) is 12.2 Å². The fourth-order valence-electron chi connectivity index (χ4n) is 0.999. The van der Waals surface area contributed by atoms with Crippen molar-refractivity contribution in [2.45, 2.75) is 24.6 Å². The number of hydrogen-bond donors (Lipinski definition) is 3. The molecular weight excluding hydrogens is 168 g/mol. The van der Waals surface area contributed by atoms with Gasteiger partial charge in [-0.25, -0.2) is 4.79 Å². The van der Waals surface area contributed by atoms with Gasteiger partial charge in [0, 0.05) is 7.11 Å². The highest BCUT2D eigenvalue weighted by atomic mass is 16.7. The SMILES string of the molecule is CO[C@H]1[C@H](O)[C@@H](O)C(=O)O[C@@H]1O. The van der Waals surface area contributed by atoms with Gasteiger partial charge in [0.25, 0.3) is 0 Å². The second kappa shape index (κ2) is 3.36. The quantitative estimate of drug-likeness (QED) is 0.387. The lowest BCUT2D eigenvalue weighted by Crippen LogP contribution is -2.56. The molecule has 70 valence electrons. The fraction of sp³-hybridized carbons (Fsp3) is 0.833. The molecule has 6 heteroatoms. The van der Waals surface area contributed by atoms with E-state index in [0.717, 1.165) is 0 Å². The average Bonchev–Trinajstić information content (AvgIpc) is 2.01. The van der Waals surface area contributed by atoms with Crippen molar-refractivity contribution >= 4 is 5.97 Å². The number of hydrogen-bond acceptors (Lipinski definition) is 6. The van der Waals surface area contributed by atoms with Crippen molar-refractivity contribution in [1.82, 2.24) is 0 Å². The topological polar surface area (TPSA) is 96.2 Å². The number of rotatable bonds is 1. The monoisotopic (exact) mass is 178 g/mol. The molecule has 0 amide bonds. The number of methoxy groups -OCH3 is 1. The first-order valence-corrected chi connectivity index (χ1v) is 3.35. The number of carbonyl (C=O) groups is 1. The molecule has 0 bridgehead atoms. The molecule has 0 unspecified atom stereocenters. The van der Waals surface area contributed by atoms with E-state index in [2.05, 4.69) is 9.47 Å². The Morgan fingerprint density at radius 2 is 2.00 bits per heavy atom. The Hall–Kier alpha value is -0.690. The number of aliphatic hydroxyl groups excluding tert-OH is 3.